The Kier molecular flexibility index (Phi) is 2.85. The van der Waals surface area contributed by atoms with E-state index in [1.165, 1.54) is 0 Å². The second-order valence-corrected chi connectivity index (χ2v) is 3.92. The van der Waals surface area contributed by atoms with Crippen LogP contribution in [0.4, 0.5) is 5.69 Å². The Morgan fingerprint density at radius 2 is 2.38 bits per heavy atom. The molecule has 0 saturated carbocycles. The zero-order valence-electron chi connectivity index (χ0n) is 9.29. The quantitative estimate of drug-likeness (QED) is 0.768. The molecule has 1 aromatic heterocycles. The number of rotatable bonds is 3. The molecule has 0 spiro atoms. The molecule has 84 valence electrons. The number of anilines is 1. The van der Waals surface area contributed by atoms with Crippen LogP contribution in [0.5, 0.6) is 0 Å². The Morgan fingerprint density at radius 3 is 2.94 bits per heavy atom. The second kappa shape index (κ2) is 4.30. The monoisotopic (exact) mass is 218 g/mol. The predicted molar refractivity (Wildman–Crippen MR) is 62.0 cm³/mol. The highest BCUT2D eigenvalue weighted by Gasteiger charge is 2.27. The van der Waals surface area contributed by atoms with Crippen molar-refractivity contribution in [1.29, 1.82) is 0 Å². The van der Waals surface area contributed by atoms with Gasteiger partial charge in [-0.1, -0.05) is 13.8 Å². The molecule has 5 heteroatoms. The molecule has 0 aliphatic carbocycles. The van der Waals surface area contributed by atoms with Crippen molar-refractivity contribution in [2.24, 2.45) is 11.0 Å². The fourth-order valence-electron chi connectivity index (χ4n) is 1.50. The van der Waals surface area contributed by atoms with E-state index >= 15 is 0 Å². The smallest absolute Gasteiger partial charge is 0.178 e. The molecule has 1 aliphatic rings. The maximum atomic E-state index is 11.0. The van der Waals surface area contributed by atoms with Crippen LogP contribution in [0, 0.1) is 5.92 Å². The number of nitrogens with one attached hydrogen (secondary N) is 1. The zero-order chi connectivity index (χ0) is 11.5. The van der Waals surface area contributed by atoms with Gasteiger partial charge in [-0.2, -0.15) is 5.10 Å². The molecule has 0 fully saturated rings. The van der Waals surface area contributed by atoms with Crippen molar-refractivity contribution < 1.29 is 4.79 Å². The van der Waals surface area contributed by atoms with Crippen LogP contribution in [0.2, 0.25) is 0 Å². The van der Waals surface area contributed by atoms with Gasteiger partial charge in [0.05, 0.1) is 11.9 Å². The molecule has 0 amide bonds. The molecule has 0 radical (unpaired) electrons. The Balaban J connectivity index is 2.29. The van der Waals surface area contributed by atoms with E-state index in [0.717, 1.165) is 17.8 Å². The lowest BCUT2D eigenvalue weighted by Crippen LogP contribution is -2.40. The highest BCUT2D eigenvalue weighted by molar-refractivity contribution is 5.91. The van der Waals surface area contributed by atoms with Crippen LogP contribution in [-0.2, 0) is 4.79 Å². The summed E-state index contributed by atoms with van der Waals surface area (Å²) in [5.74, 6) is 1.09. The van der Waals surface area contributed by atoms with Crippen molar-refractivity contribution in [3.8, 4) is 0 Å². The standard InChI is InChI=1S/C11H14N4O/c1-8(2)11-13-10(7-16)15(14-11)9-4-3-5-12-6-9/h3-8,10H,1-2H3,(H,13,14). The molecule has 2 heterocycles. The fourth-order valence-corrected chi connectivity index (χ4v) is 1.50. The molecule has 1 N–H and O–H groups in total. The molecular weight excluding hydrogens is 204 g/mol. The largest absolute Gasteiger partial charge is 0.344 e. The number of aromatic nitrogens is 1. The predicted octanol–water partition coefficient (Wildman–Crippen LogP) is 0.986. The minimum absolute atomic E-state index is 0.268. The third-order valence-corrected chi connectivity index (χ3v) is 2.36. The second-order valence-electron chi connectivity index (χ2n) is 3.92. The number of carbonyl (C=O) groups excluding carboxylic acids is 1. The van der Waals surface area contributed by atoms with Crippen LogP contribution in [0.25, 0.3) is 0 Å². The van der Waals surface area contributed by atoms with Crippen molar-refractivity contribution in [2.45, 2.75) is 20.0 Å². The maximum Gasteiger partial charge on any atom is 0.178 e. The number of hydrogen-bond acceptors (Lipinski definition) is 5. The Labute approximate surface area is 94.2 Å². The van der Waals surface area contributed by atoms with Crippen LogP contribution in [0.3, 0.4) is 0 Å². The molecular formula is C11H14N4O. The lowest BCUT2D eigenvalue weighted by Gasteiger charge is -2.17. The van der Waals surface area contributed by atoms with Crippen LogP contribution in [0.1, 0.15) is 13.8 Å². The summed E-state index contributed by atoms with van der Waals surface area (Å²) in [5, 5.41) is 9.09. The molecule has 1 aliphatic heterocycles. The minimum atomic E-state index is -0.429. The molecule has 2 rings (SSSR count). The minimum Gasteiger partial charge on any atom is -0.344 e. The van der Waals surface area contributed by atoms with E-state index in [4.69, 9.17) is 0 Å². The first-order chi connectivity index (χ1) is 7.72. The van der Waals surface area contributed by atoms with E-state index in [9.17, 15) is 4.79 Å². The molecule has 1 unspecified atom stereocenters. The van der Waals surface area contributed by atoms with E-state index in [2.05, 4.69) is 15.4 Å². The van der Waals surface area contributed by atoms with Gasteiger partial charge in [-0.15, -0.1) is 0 Å². The van der Waals surface area contributed by atoms with Gasteiger partial charge in [-0.05, 0) is 12.1 Å². The third-order valence-electron chi connectivity index (χ3n) is 2.36. The van der Waals surface area contributed by atoms with Crippen LogP contribution in [0.15, 0.2) is 29.6 Å². The summed E-state index contributed by atoms with van der Waals surface area (Å²) in [5.41, 5.74) is 0.808. The van der Waals surface area contributed by atoms with Crippen molar-refractivity contribution in [2.75, 3.05) is 5.01 Å². The Morgan fingerprint density at radius 1 is 1.56 bits per heavy atom. The Bertz CT molecular complexity index is 402. The first kappa shape index (κ1) is 10.6. The van der Waals surface area contributed by atoms with Gasteiger partial charge >= 0.3 is 0 Å². The summed E-state index contributed by atoms with van der Waals surface area (Å²) in [6, 6.07) is 3.69. The van der Waals surface area contributed by atoms with Gasteiger partial charge in [0.2, 0.25) is 0 Å². The molecule has 1 aromatic rings. The van der Waals surface area contributed by atoms with Gasteiger partial charge in [0, 0.05) is 12.1 Å². The first-order valence-electron chi connectivity index (χ1n) is 5.22. The SMILES string of the molecule is CC(C)C1=NN(c2cccnc2)C(C=O)N1. The van der Waals surface area contributed by atoms with Gasteiger partial charge in [0.1, 0.15) is 5.84 Å². The number of aldehydes is 1. The van der Waals surface area contributed by atoms with Crippen molar-refractivity contribution >= 4 is 17.8 Å². The number of carbonyl (C=O) groups is 1. The van der Waals surface area contributed by atoms with Gasteiger partial charge in [0.15, 0.2) is 12.5 Å². The number of hydrogen-bond donors (Lipinski definition) is 1. The van der Waals surface area contributed by atoms with E-state index in [-0.39, 0.29) is 5.92 Å². The highest BCUT2D eigenvalue weighted by Crippen LogP contribution is 2.18. The Hall–Kier alpha value is -1.91. The van der Waals surface area contributed by atoms with E-state index < -0.39 is 6.17 Å². The molecule has 0 aromatic carbocycles. The van der Waals surface area contributed by atoms with Gasteiger partial charge in [-0.25, -0.2) is 5.01 Å². The molecule has 5 nitrogen and oxygen atoms in total. The topological polar surface area (TPSA) is 57.6 Å². The summed E-state index contributed by atoms with van der Waals surface area (Å²) in [6.07, 6.45) is 3.79. The molecule has 0 bridgehead atoms. The number of nitrogens with zero attached hydrogens (tertiary/aromatic N) is 3. The summed E-state index contributed by atoms with van der Waals surface area (Å²) in [4.78, 5) is 15.0. The lowest BCUT2D eigenvalue weighted by atomic mass is 10.2. The summed E-state index contributed by atoms with van der Waals surface area (Å²) >= 11 is 0. The maximum absolute atomic E-state index is 11.0. The normalized spacial score (nSPS) is 19.6. The third kappa shape index (κ3) is 1.88. The summed E-state index contributed by atoms with van der Waals surface area (Å²) < 4.78 is 0. The summed E-state index contributed by atoms with van der Waals surface area (Å²) in [7, 11) is 0. The average Bonchev–Trinajstić information content (AvgIpc) is 2.74. The van der Waals surface area contributed by atoms with Crippen molar-refractivity contribution in [1.82, 2.24) is 10.3 Å². The van der Waals surface area contributed by atoms with E-state index in [1.54, 1.807) is 17.4 Å². The van der Waals surface area contributed by atoms with E-state index in [1.807, 2.05) is 26.0 Å². The average molecular weight is 218 g/mol. The lowest BCUT2D eigenvalue weighted by molar-refractivity contribution is -0.109. The fraction of sp³-hybridized carbons (Fsp3) is 0.364. The number of hydrazone groups is 1. The molecule has 16 heavy (non-hydrogen) atoms. The highest BCUT2D eigenvalue weighted by atomic mass is 16.1. The zero-order valence-corrected chi connectivity index (χ0v) is 9.29. The van der Waals surface area contributed by atoms with Crippen molar-refractivity contribution in [3.05, 3.63) is 24.5 Å². The van der Waals surface area contributed by atoms with Gasteiger partial charge < -0.3 is 5.32 Å². The number of amidine groups is 1. The number of pyridine rings is 1. The van der Waals surface area contributed by atoms with Gasteiger partial charge in [0.25, 0.3) is 0 Å². The molecule has 1 atom stereocenters. The van der Waals surface area contributed by atoms with Gasteiger partial charge in [-0.3, -0.25) is 9.78 Å². The van der Waals surface area contributed by atoms with Crippen molar-refractivity contribution in [3.63, 3.8) is 0 Å². The molecule has 0 saturated heterocycles. The summed E-state index contributed by atoms with van der Waals surface area (Å²) in [6.45, 7) is 4.06. The van der Waals surface area contributed by atoms with Crippen LogP contribution >= 0.6 is 0 Å². The first-order valence-corrected chi connectivity index (χ1v) is 5.22. The van der Waals surface area contributed by atoms with Crippen LogP contribution < -0.4 is 10.3 Å². The van der Waals surface area contributed by atoms with Crippen LogP contribution in [-0.4, -0.2) is 23.3 Å². The van der Waals surface area contributed by atoms with E-state index in [0.29, 0.717) is 0 Å².